The minimum atomic E-state index is 1.09. The first-order valence-corrected chi connectivity index (χ1v) is 22.0. The van der Waals surface area contributed by atoms with Crippen molar-refractivity contribution in [2.45, 2.75) is 0 Å². The Bertz CT molecular complexity index is 3600. The molecule has 300 valence electrons. The molecule has 0 aliphatic heterocycles. The highest BCUT2D eigenvalue weighted by Gasteiger charge is 2.18. The van der Waals surface area contributed by atoms with Crippen LogP contribution in [0.2, 0.25) is 0 Å². The highest BCUT2D eigenvalue weighted by Crippen LogP contribution is 2.41. The predicted molar refractivity (Wildman–Crippen MR) is 272 cm³/mol. The molecular weight excluding hydrogens is 773 g/mol. The van der Waals surface area contributed by atoms with Crippen molar-refractivity contribution in [3.63, 3.8) is 0 Å². The SMILES string of the molecule is c1ccc(-c2ccc(-c3ccc(N(c4ccc(-c5ccc6c7ccc8ccccc8c7n(-c7ccccc7)c6c5)cc4)c4ccc(-c5cccc6ccccc56)cc4)cc3)cc2)cc1. The van der Waals surface area contributed by atoms with Crippen molar-refractivity contribution < 1.29 is 0 Å². The maximum Gasteiger partial charge on any atom is 0.0619 e. The smallest absolute Gasteiger partial charge is 0.0619 e. The van der Waals surface area contributed by atoms with Gasteiger partial charge in [-0.15, -0.1) is 0 Å². The normalized spacial score (nSPS) is 11.4. The van der Waals surface area contributed by atoms with Crippen LogP contribution in [0, 0.1) is 0 Å². The molecule has 12 aromatic rings. The van der Waals surface area contributed by atoms with Crippen LogP contribution in [-0.4, -0.2) is 4.57 Å². The second kappa shape index (κ2) is 15.8. The number of fused-ring (bicyclic) bond motifs is 6. The lowest BCUT2D eigenvalue weighted by atomic mass is 9.98. The molecule has 1 aromatic heterocycles. The van der Waals surface area contributed by atoms with Crippen LogP contribution in [0.5, 0.6) is 0 Å². The zero-order valence-corrected chi connectivity index (χ0v) is 35.1. The average Bonchev–Trinajstić information content (AvgIpc) is 3.72. The van der Waals surface area contributed by atoms with Gasteiger partial charge in [0.05, 0.1) is 11.0 Å². The third kappa shape index (κ3) is 6.61. The van der Waals surface area contributed by atoms with Crippen molar-refractivity contribution in [2.24, 2.45) is 0 Å². The topological polar surface area (TPSA) is 8.17 Å². The van der Waals surface area contributed by atoms with Gasteiger partial charge in [-0.25, -0.2) is 0 Å². The van der Waals surface area contributed by atoms with Crippen LogP contribution < -0.4 is 4.90 Å². The van der Waals surface area contributed by atoms with Crippen LogP contribution in [-0.2, 0) is 0 Å². The summed E-state index contributed by atoms with van der Waals surface area (Å²) in [6.45, 7) is 0. The van der Waals surface area contributed by atoms with E-state index >= 15 is 0 Å². The zero-order valence-electron chi connectivity index (χ0n) is 35.1. The molecule has 0 radical (unpaired) electrons. The Morgan fingerprint density at radius 3 is 1.33 bits per heavy atom. The highest BCUT2D eigenvalue weighted by molar-refractivity contribution is 6.19. The quantitative estimate of drug-likeness (QED) is 0.148. The fraction of sp³-hybridized carbons (Fsp3) is 0. The molecule has 0 saturated heterocycles. The van der Waals surface area contributed by atoms with Crippen molar-refractivity contribution in [2.75, 3.05) is 4.90 Å². The third-order valence-electron chi connectivity index (χ3n) is 12.8. The number of nitrogens with zero attached hydrogens (tertiary/aromatic N) is 2. The predicted octanol–water partition coefficient (Wildman–Crippen LogP) is 17.2. The van der Waals surface area contributed by atoms with Gasteiger partial charge < -0.3 is 9.47 Å². The molecular formula is C62H42N2. The van der Waals surface area contributed by atoms with Crippen LogP contribution in [0.4, 0.5) is 17.1 Å². The number of hydrogen-bond donors (Lipinski definition) is 0. The number of para-hydroxylation sites is 1. The number of benzene rings is 11. The molecule has 0 bridgehead atoms. The van der Waals surface area contributed by atoms with Gasteiger partial charge in [0.2, 0.25) is 0 Å². The maximum atomic E-state index is 2.44. The van der Waals surface area contributed by atoms with Crippen LogP contribution in [0.1, 0.15) is 0 Å². The summed E-state index contributed by atoms with van der Waals surface area (Å²) in [6.07, 6.45) is 0. The summed E-state index contributed by atoms with van der Waals surface area (Å²) in [5.74, 6) is 0. The number of aromatic nitrogens is 1. The molecule has 0 spiro atoms. The summed E-state index contributed by atoms with van der Waals surface area (Å²) in [7, 11) is 0. The number of rotatable bonds is 8. The first kappa shape index (κ1) is 37.3. The lowest BCUT2D eigenvalue weighted by molar-refractivity contribution is 1.19. The molecule has 2 nitrogen and oxygen atoms in total. The highest BCUT2D eigenvalue weighted by atomic mass is 15.1. The molecule has 11 aromatic carbocycles. The van der Waals surface area contributed by atoms with Gasteiger partial charge in [-0.3, -0.25) is 0 Å². The Balaban J connectivity index is 0.933. The van der Waals surface area contributed by atoms with Crippen LogP contribution in [0.15, 0.2) is 255 Å². The van der Waals surface area contributed by atoms with Gasteiger partial charge in [-0.1, -0.05) is 200 Å². The number of anilines is 3. The Morgan fingerprint density at radius 2 is 0.703 bits per heavy atom. The monoisotopic (exact) mass is 814 g/mol. The Morgan fingerprint density at radius 1 is 0.266 bits per heavy atom. The van der Waals surface area contributed by atoms with Crippen LogP contribution in [0.25, 0.3) is 93.5 Å². The van der Waals surface area contributed by atoms with Gasteiger partial charge in [0.25, 0.3) is 0 Å². The molecule has 12 rings (SSSR count). The molecule has 0 amide bonds. The standard InChI is InChI=1S/C62H42N2/c1-3-12-43(13-4-1)44-22-24-45(25-23-44)46-26-34-53(35-27-46)63(55-38-30-50(31-39-55)57-21-11-16-48-14-7-9-19-56(48)57)54-36-28-47(29-37-54)51-33-40-59-60-41-32-49-15-8-10-20-58(49)62(60)64(61(59)42-51)52-17-5-2-6-18-52/h1-42H. The summed E-state index contributed by atoms with van der Waals surface area (Å²) in [5.41, 5.74) is 16.5. The Kier molecular flexibility index (Phi) is 9.20. The molecule has 2 heteroatoms. The minimum Gasteiger partial charge on any atom is -0.311 e. The Hall–Kier alpha value is -8.46. The molecule has 0 saturated carbocycles. The molecule has 64 heavy (non-hydrogen) atoms. The van der Waals surface area contributed by atoms with Crippen molar-refractivity contribution in [3.8, 4) is 50.2 Å². The van der Waals surface area contributed by atoms with E-state index < -0.39 is 0 Å². The van der Waals surface area contributed by atoms with E-state index in [1.807, 2.05) is 0 Å². The van der Waals surface area contributed by atoms with Gasteiger partial charge in [0.15, 0.2) is 0 Å². The van der Waals surface area contributed by atoms with E-state index in [-0.39, 0.29) is 0 Å². The van der Waals surface area contributed by atoms with E-state index in [1.54, 1.807) is 0 Å². The molecule has 0 unspecified atom stereocenters. The van der Waals surface area contributed by atoms with Crippen molar-refractivity contribution in [1.29, 1.82) is 0 Å². The van der Waals surface area contributed by atoms with Crippen molar-refractivity contribution in [1.82, 2.24) is 4.57 Å². The molecule has 1 heterocycles. The summed E-state index contributed by atoms with van der Waals surface area (Å²) in [4.78, 5) is 2.36. The van der Waals surface area contributed by atoms with E-state index in [2.05, 4.69) is 264 Å². The largest absolute Gasteiger partial charge is 0.311 e. The van der Waals surface area contributed by atoms with Crippen molar-refractivity contribution >= 4 is 60.4 Å². The van der Waals surface area contributed by atoms with E-state index in [1.165, 1.54) is 87.9 Å². The van der Waals surface area contributed by atoms with Crippen molar-refractivity contribution in [3.05, 3.63) is 255 Å². The fourth-order valence-corrected chi connectivity index (χ4v) is 9.61. The van der Waals surface area contributed by atoms with Gasteiger partial charge in [0, 0.05) is 38.9 Å². The second-order valence-electron chi connectivity index (χ2n) is 16.5. The van der Waals surface area contributed by atoms with E-state index in [0.29, 0.717) is 0 Å². The Labute approximate surface area is 373 Å². The lowest BCUT2D eigenvalue weighted by Crippen LogP contribution is -2.09. The maximum absolute atomic E-state index is 2.44. The average molecular weight is 815 g/mol. The molecule has 0 aliphatic rings. The van der Waals surface area contributed by atoms with Gasteiger partial charge >= 0.3 is 0 Å². The van der Waals surface area contributed by atoms with Gasteiger partial charge in [0.1, 0.15) is 0 Å². The van der Waals surface area contributed by atoms with Gasteiger partial charge in [-0.05, 0) is 115 Å². The summed E-state index contributed by atoms with van der Waals surface area (Å²) in [6, 6.07) is 92.6. The van der Waals surface area contributed by atoms with E-state index in [9.17, 15) is 0 Å². The summed E-state index contributed by atoms with van der Waals surface area (Å²) in [5, 5.41) is 7.51. The molecule has 0 aliphatic carbocycles. The van der Waals surface area contributed by atoms with Crippen LogP contribution in [0.3, 0.4) is 0 Å². The third-order valence-corrected chi connectivity index (χ3v) is 12.8. The summed E-state index contributed by atoms with van der Waals surface area (Å²) < 4.78 is 2.44. The molecule has 0 fully saturated rings. The van der Waals surface area contributed by atoms with Crippen LogP contribution >= 0.6 is 0 Å². The first-order chi connectivity index (χ1) is 31.7. The minimum absolute atomic E-state index is 1.09. The van der Waals surface area contributed by atoms with E-state index in [0.717, 1.165) is 22.7 Å². The van der Waals surface area contributed by atoms with Gasteiger partial charge in [-0.2, -0.15) is 0 Å². The zero-order chi connectivity index (χ0) is 42.4. The van der Waals surface area contributed by atoms with E-state index in [4.69, 9.17) is 0 Å². The summed E-state index contributed by atoms with van der Waals surface area (Å²) >= 11 is 0. The molecule has 0 N–H and O–H groups in total. The first-order valence-electron chi connectivity index (χ1n) is 22.0. The number of hydrogen-bond acceptors (Lipinski definition) is 1. The fourth-order valence-electron chi connectivity index (χ4n) is 9.61. The second-order valence-corrected chi connectivity index (χ2v) is 16.5. The molecule has 0 atom stereocenters. The lowest BCUT2D eigenvalue weighted by Gasteiger charge is -2.26.